The van der Waals surface area contributed by atoms with Gasteiger partial charge in [-0.3, -0.25) is 4.79 Å². The molecular weight excluding hydrogens is 280 g/mol. The maximum absolute atomic E-state index is 12.7. The zero-order valence-corrected chi connectivity index (χ0v) is 13.3. The third kappa shape index (κ3) is 4.53. The van der Waals surface area contributed by atoms with Crippen LogP contribution < -0.4 is 5.73 Å². The number of piperidine rings is 1. The average molecular weight is 306 g/mol. The van der Waals surface area contributed by atoms with Crippen LogP contribution in [0, 0.1) is 0 Å². The van der Waals surface area contributed by atoms with E-state index in [1.807, 2.05) is 29.2 Å². The summed E-state index contributed by atoms with van der Waals surface area (Å²) >= 11 is 0. The van der Waals surface area contributed by atoms with Crippen LogP contribution in [-0.4, -0.2) is 50.3 Å². The highest BCUT2D eigenvalue weighted by Gasteiger charge is 2.25. The van der Waals surface area contributed by atoms with Gasteiger partial charge in [0.15, 0.2) is 0 Å². The smallest absolute Gasteiger partial charge is 0.254 e. The molecule has 2 N–H and O–H groups in total. The van der Waals surface area contributed by atoms with E-state index in [4.69, 9.17) is 15.2 Å². The second kappa shape index (κ2) is 8.88. The van der Waals surface area contributed by atoms with E-state index in [0.29, 0.717) is 19.8 Å². The van der Waals surface area contributed by atoms with Crippen molar-refractivity contribution in [2.24, 2.45) is 5.73 Å². The highest BCUT2D eigenvalue weighted by atomic mass is 16.5. The largest absolute Gasteiger partial charge is 0.380 e. The van der Waals surface area contributed by atoms with Crippen LogP contribution in [0.5, 0.6) is 0 Å². The minimum Gasteiger partial charge on any atom is -0.380 e. The fourth-order valence-corrected chi connectivity index (χ4v) is 2.74. The van der Waals surface area contributed by atoms with Gasteiger partial charge in [-0.05, 0) is 37.4 Å². The van der Waals surface area contributed by atoms with E-state index >= 15 is 0 Å². The van der Waals surface area contributed by atoms with Crippen LogP contribution in [0.15, 0.2) is 24.3 Å². The lowest BCUT2D eigenvalue weighted by molar-refractivity contribution is 0.00836. The SMILES string of the molecule is COCc1ccccc1C(=O)N1CCC(OCCCN)CC1. The van der Waals surface area contributed by atoms with Gasteiger partial charge in [-0.25, -0.2) is 0 Å². The molecule has 2 rings (SSSR count). The predicted octanol–water partition coefficient (Wildman–Crippen LogP) is 1.80. The molecule has 1 aromatic carbocycles. The molecule has 1 fully saturated rings. The Morgan fingerprint density at radius 2 is 2.05 bits per heavy atom. The van der Waals surface area contributed by atoms with Crippen molar-refractivity contribution in [3.63, 3.8) is 0 Å². The summed E-state index contributed by atoms with van der Waals surface area (Å²) in [4.78, 5) is 14.6. The summed E-state index contributed by atoms with van der Waals surface area (Å²) in [6, 6.07) is 7.65. The van der Waals surface area contributed by atoms with Crippen molar-refractivity contribution in [1.29, 1.82) is 0 Å². The first kappa shape index (κ1) is 16.9. The zero-order valence-electron chi connectivity index (χ0n) is 13.3. The molecule has 1 saturated heterocycles. The molecule has 0 spiro atoms. The Balaban J connectivity index is 1.90. The zero-order chi connectivity index (χ0) is 15.8. The number of amides is 1. The topological polar surface area (TPSA) is 64.8 Å². The Hall–Kier alpha value is -1.43. The summed E-state index contributed by atoms with van der Waals surface area (Å²) < 4.78 is 11.0. The molecule has 22 heavy (non-hydrogen) atoms. The summed E-state index contributed by atoms with van der Waals surface area (Å²) in [6.07, 6.45) is 2.93. The minimum atomic E-state index is 0.0908. The van der Waals surface area contributed by atoms with Gasteiger partial charge >= 0.3 is 0 Å². The molecule has 5 heteroatoms. The normalized spacial score (nSPS) is 16.0. The highest BCUT2D eigenvalue weighted by molar-refractivity contribution is 5.95. The molecule has 0 saturated carbocycles. The third-order valence-electron chi connectivity index (χ3n) is 3.98. The summed E-state index contributed by atoms with van der Waals surface area (Å²) in [7, 11) is 1.64. The van der Waals surface area contributed by atoms with Gasteiger partial charge in [-0.1, -0.05) is 18.2 Å². The number of methoxy groups -OCH3 is 1. The second-order valence-corrected chi connectivity index (χ2v) is 5.59. The van der Waals surface area contributed by atoms with Crippen molar-refractivity contribution >= 4 is 5.91 Å². The summed E-state index contributed by atoms with van der Waals surface area (Å²) in [5.74, 6) is 0.0908. The summed E-state index contributed by atoms with van der Waals surface area (Å²) in [5.41, 5.74) is 7.15. The van der Waals surface area contributed by atoms with Crippen molar-refractivity contribution in [1.82, 2.24) is 4.90 Å². The first-order valence-corrected chi connectivity index (χ1v) is 7.94. The Morgan fingerprint density at radius 3 is 2.73 bits per heavy atom. The van der Waals surface area contributed by atoms with E-state index in [1.54, 1.807) is 7.11 Å². The van der Waals surface area contributed by atoms with Crippen LogP contribution in [0.2, 0.25) is 0 Å². The van der Waals surface area contributed by atoms with Gasteiger partial charge in [0.25, 0.3) is 5.91 Å². The molecular formula is C17H26N2O3. The average Bonchev–Trinajstić information content (AvgIpc) is 2.56. The summed E-state index contributed by atoms with van der Waals surface area (Å²) in [6.45, 7) is 3.32. The van der Waals surface area contributed by atoms with E-state index < -0.39 is 0 Å². The van der Waals surface area contributed by atoms with E-state index in [-0.39, 0.29) is 12.0 Å². The second-order valence-electron chi connectivity index (χ2n) is 5.59. The van der Waals surface area contributed by atoms with Crippen molar-refractivity contribution in [2.75, 3.05) is 33.4 Å². The molecule has 0 radical (unpaired) electrons. The number of benzene rings is 1. The van der Waals surface area contributed by atoms with Crippen LogP contribution in [0.4, 0.5) is 0 Å². The Labute approximate surface area is 132 Å². The molecule has 5 nitrogen and oxygen atoms in total. The number of ether oxygens (including phenoxy) is 2. The van der Waals surface area contributed by atoms with Crippen LogP contribution in [0.25, 0.3) is 0 Å². The third-order valence-corrected chi connectivity index (χ3v) is 3.98. The molecule has 0 aliphatic carbocycles. The standard InChI is InChI=1S/C17H26N2O3/c1-21-13-14-5-2-3-6-16(14)17(20)19-10-7-15(8-11-19)22-12-4-9-18/h2-3,5-6,15H,4,7-13,18H2,1H3. The molecule has 1 heterocycles. The first-order chi connectivity index (χ1) is 10.8. The van der Waals surface area contributed by atoms with Crippen molar-refractivity contribution in [2.45, 2.75) is 32.0 Å². The van der Waals surface area contributed by atoms with Gasteiger partial charge in [0, 0.05) is 32.4 Å². The number of nitrogens with two attached hydrogens (primary N) is 1. The molecule has 1 aliphatic heterocycles. The van der Waals surface area contributed by atoms with E-state index in [2.05, 4.69) is 0 Å². The Kier molecular flexibility index (Phi) is 6.83. The quantitative estimate of drug-likeness (QED) is 0.780. The fraction of sp³-hybridized carbons (Fsp3) is 0.588. The number of rotatable bonds is 7. The number of carbonyl (C=O) groups is 1. The fourth-order valence-electron chi connectivity index (χ4n) is 2.74. The van der Waals surface area contributed by atoms with Crippen molar-refractivity contribution in [3.05, 3.63) is 35.4 Å². The van der Waals surface area contributed by atoms with Gasteiger partial charge < -0.3 is 20.1 Å². The minimum absolute atomic E-state index is 0.0908. The highest BCUT2D eigenvalue weighted by Crippen LogP contribution is 2.19. The first-order valence-electron chi connectivity index (χ1n) is 7.94. The predicted molar refractivity (Wildman–Crippen MR) is 85.7 cm³/mol. The number of likely N-dealkylation sites (tertiary alicyclic amines) is 1. The van der Waals surface area contributed by atoms with Gasteiger partial charge in [0.2, 0.25) is 0 Å². The molecule has 1 amide bonds. The molecule has 0 unspecified atom stereocenters. The maximum atomic E-state index is 12.7. The lowest BCUT2D eigenvalue weighted by Crippen LogP contribution is -2.41. The molecule has 1 aliphatic rings. The monoisotopic (exact) mass is 306 g/mol. The molecule has 0 bridgehead atoms. The summed E-state index contributed by atoms with van der Waals surface area (Å²) in [5, 5.41) is 0. The van der Waals surface area contributed by atoms with Crippen molar-refractivity contribution < 1.29 is 14.3 Å². The van der Waals surface area contributed by atoms with E-state index in [9.17, 15) is 4.79 Å². The van der Waals surface area contributed by atoms with Gasteiger partial charge in [-0.15, -0.1) is 0 Å². The molecule has 0 atom stereocenters. The molecule has 1 aromatic rings. The number of hydrogen-bond donors (Lipinski definition) is 1. The molecule has 0 aromatic heterocycles. The van der Waals surface area contributed by atoms with Gasteiger partial charge in [0.1, 0.15) is 0 Å². The van der Waals surface area contributed by atoms with Crippen molar-refractivity contribution in [3.8, 4) is 0 Å². The van der Waals surface area contributed by atoms with Crippen LogP contribution in [-0.2, 0) is 16.1 Å². The van der Waals surface area contributed by atoms with Crippen LogP contribution >= 0.6 is 0 Å². The van der Waals surface area contributed by atoms with Crippen LogP contribution in [0.3, 0.4) is 0 Å². The number of hydrogen-bond acceptors (Lipinski definition) is 4. The number of carbonyl (C=O) groups excluding carboxylic acids is 1. The number of nitrogens with zero attached hydrogens (tertiary/aromatic N) is 1. The van der Waals surface area contributed by atoms with E-state index in [1.165, 1.54) is 0 Å². The van der Waals surface area contributed by atoms with Crippen LogP contribution in [0.1, 0.15) is 35.2 Å². The van der Waals surface area contributed by atoms with E-state index in [0.717, 1.165) is 43.5 Å². The lowest BCUT2D eigenvalue weighted by Gasteiger charge is -2.32. The van der Waals surface area contributed by atoms with Gasteiger partial charge in [-0.2, -0.15) is 0 Å². The maximum Gasteiger partial charge on any atom is 0.254 e. The Morgan fingerprint density at radius 1 is 1.32 bits per heavy atom. The molecule has 122 valence electrons. The lowest BCUT2D eigenvalue weighted by atomic mass is 10.0. The van der Waals surface area contributed by atoms with Gasteiger partial charge in [0.05, 0.1) is 12.7 Å². The Bertz CT molecular complexity index is 471.